The number of nitrogens with one attached hydrogen (secondary N) is 1. The van der Waals surface area contributed by atoms with Crippen LogP contribution in [0.1, 0.15) is 51.0 Å². The Morgan fingerprint density at radius 2 is 1.78 bits per heavy atom. The molecule has 3 nitrogen and oxygen atoms in total. The molecule has 1 N–H and O–H groups in total. The number of nitrogens with zero attached hydrogens (tertiary/aromatic N) is 2. The molecule has 0 bridgehead atoms. The van der Waals surface area contributed by atoms with Gasteiger partial charge in [-0.25, -0.2) is 9.97 Å². The molecule has 4 heteroatoms. The maximum atomic E-state index is 6.21. The van der Waals surface area contributed by atoms with Crippen molar-refractivity contribution in [3.05, 3.63) is 17.0 Å². The van der Waals surface area contributed by atoms with Gasteiger partial charge in [-0.05, 0) is 43.4 Å². The van der Waals surface area contributed by atoms with Crippen LogP contribution in [0.25, 0.3) is 0 Å². The van der Waals surface area contributed by atoms with Crippen molar-refractivity contribution < 1.29 is 0 Å². The molecule has 18 heavy (non-hydrogen) atoms. The summed E-state index contributed by atoms with van der Waals surface area (Å²) in [5.74, 6) is 3.01. The molecule has 2 aliphatic rings. The van der Waals surface area contributed by atoms with Gasteiger partial charge >= 0.3 is 0 Å². The molecule has 3 rings (SSSR count). The Bertz CT molecular complexity index is 427. The third-order valence-electron chi connectivity index (χ3n) is 3.98. The summed E-state index contributed by atoms with van der Waals surface area (Å²) in [7, 11) is 0. The minimum absolute atomic E-state index is 0.347. The molecule has 0 amide bonds. The first-order valence-corrected chi connectivity index (χ1v) is 7.31. The zero-order valence-corrected chi connectivity index (χ0v) is 11.7. The van der Waals surface area contributed by atoms with E-state index in [1.807, 2.05) is 0 Å². The van der Waals surface area contributed by atoms with Crippen LogP contribution in [-0.2, 0) is 0 Å². The Labute approximate surface area is 113 Å². The van der Waals surface area contributed by atoms with Crippen LogP contribution >= 0.6 is 11.6 Å². The number of hydrogen-bond donors (Lipinski definition) is 1. The Kier molecular flexibility index (Phi) is 3.18. The second-order valence-electron chi connectivity index (χ2n) is 5.93. The minimum Gasteiger partial charge on any atom is -0.366 e. The largest absolute Gasteiger partial charge is 0.366 e. The van der Waals surface area contributed by atoms with Crippen LogP contribution in [0.15, 0.2) is 6.33 Å². The maximum absolute atomic E-state index is 6.21. The standard InChI is InChI=1S/C14H20ClN3/c1-8(2)11-13(15)16-7-17-14(11)18-12(9-3-4-9)10-5-6-10/h7-10,12H,3-6H2,1-2H3,(H,16,17,18). The van der Waals surface area contributed by atoms with E-state index in [2.05, 4.69) is 29.1 Å². The van der Waals surface area contributed by atoms with Gasteiger partial charge in [0.25, 0.3) is 0 Å². The van der Waals surface area contributed by atoms with Crippen molar-refractivity contribution in [2.75, 3.05) is 5.32 Å². The fraction of sp³-hybridized carbons (Fsp3) is 0.714. The Morgan fingerprint density at radius 3 is 2.28 bits per heavy atom. The van der Waals surface area contributed by atoms with Gasteiger partial charge in [-0.15, -0.1) is 0 Å². The van der Waals surface area contributed by atoms with Crippen LogP contribution < -0.4 is 5.32 Å². The van der Waals surface area contributed by atoms with Gasteiger partial charge in [-0.2, -0.15) is 0 Å². The third-order valence-corrected chi connectivity index (χ3v) is 4.28. The lowest BCUT2D eigenvalue weighted by molar-refractivity contribution is 0.564. The predicted molar refractivity (Wildman–Crippen MR) is 74.0 cm³/mol. The molecule has 1 heterocycles. The Morgan fingerprint density at radius 1 is 1.17 bits per heavy atom. The minimum atomic E-state index is 0.347. The maximum Gasteiger partial charge on any atom is 0.138 e. The molecule has 0 saturated heterocycles. The van der Waals surface area contributed by atoms with Gasteiger partial charge in [-0.1, -0.05) is 25.4 Å². The van der Waals surface area contributed by atoms with E-state index in [0.29, 0.717) is 17.1 Å². The summed E-state index contributed by atoms with van der Waals surface area (Å²) in [6, 6.07) is 0.605. The Balaban J connectivity index is 1.84. The zero-order chi connectivity index (χ0) is 12.7. The summed E-state index contributed by atoms with van der Waals surface area (Å²) >= 11 is 6.21. The highest BCUT2D eigenvalue weighted by Gasteiger charge is 2.41. The topological polar surface area (TPSA) is 37.8 Å². The fourth-order valence-corrected chi connectivity index (χ4v) is 3.04. The van der Waals surface area contributed by atoms with Crippen molar-refractivity contribution in [2.45, 2.75) is 51.5 Å². The van der Waals surface area contributed by atoms with E-state index in [4.69, 9.17) is 11.6 Å². The van der Waals surface area contributed by atoms with Crippen molar-refractivity contribution in [1.82, 2.24) is 9.97 Å². The van der Waals surface area contributed by atoms with E-state index >= 15 is 0 Å². The molecule has 0 radical (unpaired) electrons. The summed E-state index contributed by atoms with van der Waals surface area (Å²) in [6.07, 6.45) is 7.02. The highest BCUT2D eigenvalue weighted by atomic mass is 35.5. The van der Waals surface area contributed by atoms with Gasteiger partial charge in [0, 0.05) is 11.6 Å². The average Bonchev–Trinajstić information content (AvgIpc) is 3.17. The van der Waals surface area contributed by atoms with Crippen molar-refractivity contribution in [3.63, 3.8) is 0 Å². The fourth-order valence-electron chi connectivity index (χ4n) is 2.69. The van der Waals surface area contributed by atoms with E-state index in [-0.39, 0.29) is 0 Å². The van der Waals surface area contributed by atoms with Gasteiger partial charge in [0.2, 0.25) is 0 Å². The van der Waals surface area contributed by atoms with Crippen LogP contribution in [0, 0.1) is 11.8 Å². The first kappa shape index (κ1) is 12.2. The smallest absolute Gasteiger partial charge is 0.138 e. The average molecular weight is 266 g/mol. The van der Waals surface area contributed by atoms with Crippen LogP contribution in [0.3, 0.4) is 0 Å². The van der Waals surface area contributed by atoms with Crippen molar-refractivity contribution >= 4 is 17.4 Å². The lowest BCUT2D eigenvalue weighted by Gasteiger charge is -2.21. The van der Waals surface area contributed by atoms with Crippen LogP contribution in [-0.4, -0.2) is 16.0 Å². The zero-order valence-electron chi connectivity index (χ0n) is 11.0. The molecule has 1 aromatic rings. The monoisotopic (exact) mass is 265 g/mol. The molecule has 98 valence electrons. The molecule has 0 aromatic carbocycles. The first-order chi connectivity index (χ1) is 8.66. The van der Waals surface area contributed by atoms with Gasteiger partial charge in [0.15, 0.2) is 0 Å². The molecule has 2 fully saturated rings. The number of rotatable bonds is 5. The lowest BCUT2D eigenvalue weighted by Crippen LogP contribution is -2.26. The lowest BCUT2D eigenvalue weighted by atomic mass is 10.0. The Hall–Kier alpha value is -0.830. The van der Waals surface area contributed by atoms with E-state index in [1.165, 1.54) is 25.7 Å². The normalized spacial score (nSPS) is 19.6. The van der Waals surface area contributed by atoms with E-state index in [9.17, 15) is 0 Å². The summed E-state index contributed by atoms with van der Waals surface area (Å²) in [4.78, 5) is 8.52. The molecule has 0 unspecified atom stereocenters. The molecule has 2 aliphatic carbocycles. The van der Waals surface area contributed by atoms with Crippen molar-refractivity contribution in [2.24, 2.45) is 11.8 Å². The number of hydrogen-bond acceptors (Lipinski definition) is 3. The first-order valence-electron chi connectivity index (χ1n) is 6.93. The van der Waals surface area contributed by atoms with Crippen LogP contribution in [0.5, 0.6) is 0 Å². The van der Waals surface area contributed by atoms with Crippen LogP contribution in [0.4, 0.5) is 5.82 Å². The third kappa shape index (κ3) is 2.46. The molecule has 0 aliphatic heterocycles. The molecule has 0 spiro atoms. The summed E-state index contributed by atoms with van der Waals surface area (Å²) in [5, 5.41) is 4.25. The van der Waals surface area contributed by atoms with Crippen LogP contribution in [0.2, 0.25) is 5.15 Å². The van der Waals surface area contributed by atoms with Crippen molar-refractivity contribution in [3.8, 4) is 0 Å². The second-order valence-corrected chi connectivity index (χ2v) is 6.28. The second kappa shape index (κ2) is 4.69. The number of aromatic nitrogens is 2. The summed E-state index contributed by atoms with van der Waals surface area (Å²) in [5.41, 5.74) is 1.06. The van der Waals surface area contributed by atoms with Gasteiger partial charge in [-0.3, -0.25) is 0 Å². The van der Waals surface area contributed by atoms with E-state index < -0.39 is 0 Å². The highest BCUT2D eigenvalue weighted by molar-refractivity contribution is 6.30. The summed E-state index contributed by atoms with van der Waals surface area (Å²) in [6.45, 7) is 4.28. The van der Waals surface area contributed by atoms with Gasteiger partial charge in [0.05, 0.1) is 0 Å². The van der Waals surface area contributed by atoms with E-state index in [1.54, 1.807) is 6.33 Å². The molecular formula is C14H20ClN3. The molecular weight excluding hydrogens is 246 g/mol. The molecule has 0 atom stereocenters. The van der Waals surface area contributed by atoms with Gasteiger partial charge in [0.1, 0.15) is 17.3 Å². The number of halogens is 1. The summed E-state index contributed by atoms with van der Waals surface area (Å²) < 4.78 is 0. The van der Waals surface area contributed by atoms with Gasteiger partial charge < -0.3 is 5.32 Å². The molecule has 1 aromatic heterocycles. The highest BCUT2D eigenvalue weighted by Crippen LogP contribution is 2.46. The predicted octanol–water partition coefficient (Wildman–Crippen LogP) is 3.85. The molecule has 2 saturated carbocycles. The van der Waals surface area contributed by atoms with Crippen molar-refractivity contribution in [1.29, 1.82) is 0 Å². The number of anilines is 1. The quantitative estimate of drug-likeness (QED) is 0.822. The SMILES string of the molecule is CC(C)c1c(Cl)ncnc1NC(C1CC1)C1CC1. The van der Waals surface area contributed by atoms with E-state index in [0.717, 1.165) is 23.2 Å².